The average Bonchev–Trinajstić information content (AvgIpc) is 2.96. The maximum absolute atomic E-state index is 6.12. The van der Waals surface area contributed by atoms with E-state index < -0.39 is 5.97 Å². The Hall–Kier alpha value is -0.380. The Labute approximate surface area is 246 Å². The molecule has 0 aliphatic rings. The lowest BCUT2D eigenvalue weighted by Gasteiger charge is -2.47. The van der Waals surface area contributed by atoms with Gasteiger partial charge in [0.1, 0.15) is 0 Å². The van der Waals surface area contributed by atoms with E-state index in [1.165, 1.54) is 148 Å². The summed E-state index contributed by atoms with van der Waals surface area (Å²) >= 11 is 0. The fourth-order valence-electron chi connectivity index (χ4n) is 6.53. The Balaban J connectivity index is 5.01. The van der Waals surface area contributed by atoms with Gasteiger partial charge >= 0.3 is 0 Å². The molecule has 1 atom stereocenters. The quantitative estimate of drug-likeness (QED) is 0.0486. The molecule has 0 spiro atoms. The fraction of sp³-hybridized carbons (Fsp3) is 0.944. The maximum atomic E-state index is 6.12. The average molecular weight is 553 g/mol. The Morgan fingerprint density at radius 2 is 0.744 bits per heavy atom. The molecule has 0 aromatic heterocycles. The van der Waals surface area contributed by atoms with Gasteiger partial charge in [-0.15, -0.1) is 0 Å². The minimum Gasteiger partial charge on any atom is -0.330 e. The van der Waals surface area contributed by atoms with E-state index in [4.69, 9.17) is 14.2 Å². The summed E-state index contributed by atoms with van der Waals surface area (Å²) in [7, 11) is 5.35. The highest BCUT2D eigenvalue weighted by molar-refractivity contribution is 4.89. The van der Waals surface area contributed by atoms with Gasteiger partial charge in [-0.2, -0.15) is 0 Å². The molecule has 234 valence electrons. The monoisotopic (exact) mass is 553 g/mol. The second kappa shape index (κ2) is 27.8. The predicted molar refractivity (Wildman–Crippen MR) is 172 cm³/mol. The van der Waals surface area contributed by atoms with Gasteiger partial charge in [0.25, 0.3) is 5.97 Å². The van der Waals surface area contributed by atoms with Crippen LogP contribution in [0.3, 0.4) is 0 Å². The number of hydrogen-bond acceptors (Lipinski definition) is 3. The summed E-state index contributed by atoms with van der Waals surface area (Å²) in [5.41, 5.74) is -0.0784. The van der Waals surface area contributed by atoms with Gasteiger partial charge in [0, 0.05) is 21.3 Å². The minimum absolute atomic E-state index is 0.0784. The van der Waals surface area contributed by atoms with Gasteiger partial charge in [-0.3, -0.25) is 0 Å². The molecular formula is C36H72O3. The molecule has 0 N–H and O–H groups in total. The molecule has 0 heterocycles. The van der Waals surface area contributed by atoms with E-state index in [0.29, 0.717) is 0 Å². The summed E-state index contributed by atoms with van der Waals surface area (Å²) < 4.78 is 18.4. The zero-order chi connectivity index (χ0) is 28.9. The summed E-state index contributed by atoms with van der Waals surface area (Å²) in [6.07, 6.45) is 38.6. The first-order chi connectivity index (χ1) is 19.1. The van der Waals surface area contributed by atoms with Gasteiger partial charge in [0.2, 0.25) is 0 Å². The van der Waals surface area contributed by atoms with Gasteiger partial charge in [-0.25, -0.2) is 0 Å². The van der Waals surface area contributed by atoms with Crippen molar-refractivity contribution in [1.29, 1.82) is 0 Å². The molecule has 0 bridgehead atoms. The van der Waals surface area contributed by atoms with Crippen molar-refractivity contribution >= 4 is 0 Å². The normalized spacial score (nSPS) is 13.9. The Bertz CT molecular complexity index is 505. The Morgan fingerprint density at radius 1 is 0.436 bits per heavy atom. The van der Waals surface area contributed by atoms with Crippen LogP contribution in [-0.4, -0.2) is 27.3 Å². The van der Waals surface area contributed by atoms with Crippen molar-refractivity contribution in [3.63, 3.8) is 0 Å². The first-order valence-corrected chi connectivity index (χ1v) is 17.4. The number of hydrogen-bond donors (Lipinski definition) is 0. The van der Waals surface area contributed by atoms with Crippen molar-refractivity contribution in [2.45, 2.75) is 194 Å². The summed E-state index contributed by atoms with van der Waals surface area (Å²) in [6, 6.07) is 0. The molecule has 1 unspecified atom stereocenters. The van der Waals surface area contributed by atoms with Crippen LogP contribution < -0.4 is 0 Å². The summed E-state index contributed by atoms with van der Waals surface area (Å²) in [5, 5.41) is 0. The zero-order valence-corrected chi connectivity index (χ0v) is 27.8. The minimum atomic E-state index is -0.940. The number of ether oxygens (including phenoxy) is 3. The zero-order valence-electron chi connectivity index (χ0n) is 27.8. The molecule has 0 rings (SSSR count). The second-order valence-corrected chi connectivity index (χ2v) is 12.1. The Morgan fingerprint density at radius 3 is 1.05 bits per heavy atom. The van der Waals surface area contributed by atoms with Crippen LogP contribution in [-0.2, 0) is 14.2 Å². The molecule has 0 saturated heterocycles. The fourth-order valence-corrected chi connectivity index (χ4v) is 6.53. The molecular weight excluding hydrogens is 480 g/mol. The van der Waals surface area contributed by atoms with Crippen LogP contribution >= 0.6 is 0 Å². The molecule has 0 amide bonds. The van der Waals surface area contributed by atoms with Crippen LogP contribution in [0.4, 0.5) is 0 Å². The van der Waals surface area contributed by atoms with Crippen LogP contribution in [0.5, 0.6) is 0 Å². The molecule has 0 saturated carbocycles. The topological polar surface area (TPSA) is 27.7 Å². The van der Waals surface area contributed by atoms with Crippen LogP contribution in [0.1, 0.15) is 188 Å². The molecule has 0 fully saturated rings. The van der Waals surface area contributed by atoms with Crippen molar-refractivity contribution in [3.8, 4) is 0 Å². The number of rotatable bonds is 31. The van der Waals surface area contributed by atoms with E-state index in [9.17, 15) is 0 Å². The van der Waals surface area contributed by atoms with Gasteiger partial charge in [-0.05, 0) is 39.0 Å². The van der Waals surface area contributed by atoms with Crippen LogP contribution in [0.25, 0.3) is 0 Å². The molecule has 0 aliphatic carbocycles. The lowest BCUT2D eigenvalue weighted by Crippen LogP contribution is -2.53. The van der Waals surface area contributed by atoms with E-state index in [2.05, 4.69) is 32.9 Å². The highest BCUT2D eigenvalue weighted by Crippen LogP contribution is 2.49. The molecule has 0 aromatic rings. The van der Waals surface area contributed by atoms with Crippen molar-refractivity contribution in [3.05, 3.63) is 12.2 Å². The summed E-state index contributed by atoms with van der Waals surface area (Å²) in [4.78, 5) is 0. The van der Waals surface area contributed by atoms with Gasteiger partial charge in [0.15, 0.2) is 0 Å². The van der Waals surface area contributed by atoms with Crippen molar-refractivity contribution in [2.24, 2.45) is 5.41 Å². The third kappa shape index (κ3) is 17.9. The summed E-state index contributed by atoms with van der Waals surface area (Å²) in [6.45, 7) is 6.71. The summed E-state index contributed by atoms with van der Waals surface area (Å²) in [5.74, 6) is -0.940. The van der Waals surface area contributed by atoms with Crippen LogP contribution in [0, 0.1) is 5.41 Å². The molecule has 3 heteroatoms. The van der Waals surface area contributed by atoms with Gasteiger partial charge < -0.3 is 14.2 Å². The van der Waals surface area contributed by atoms with Crippen molar-refractivity contribution in [1.82, 2.24) is 0 Å². The van der Waals surface area contributed by atoms with Crippen LogP contribution in [0.2, 0.25) is 0 Å². The van der Waals surface area contributed by atoms with E-state index in [0.717, 1.165) is 19.3 Å². The predicted octanol–water partition coefficient (Wildman–Crippen LogP) is 12.3. The number of methoxy groups -OCH3 is 3. The highest BCUT2D eigenvalue weighted by Gasteiger charge is 2.52. The molecule has 0 radical (unpaired) electrons. The van der Waals surface area contributed by atoms with Gasteiger partial charge in [-0.1, -0.05) is 161 Å². The Kier molecular flexibility index (Phi) is 27.5. The third-order valence-corrected chi connectivity index (χ3v) is 8.99. The number of allylic oxidation sites excluding steroid dienone is 2. The number of unbranched alkanes of at least 4 members (excludes halogenated alkanes) is 20. The second-order valence-electron chi connectivity index (χ2n) is 12.1. The smallest absolute Gasteiger partial charge is 0.288 e. The largest absolute Gasteiger partial charge is 0.330 e. The van der Waals surface area contributed by atoms with Crippen molar-refractivity contribution < 1.29 is 14.2 Å². The van der Waals surface area contributed by atoms with E-state index in [-0.39, 0.29) is 5.41 Å². The molecule has 3 nitrogen and oxygen atoms in total. The standard InChI is InChI=1S/C36H72O3/c1-7-10-13-16-19-21-22-23-25-28-31-34-35(36(37-4,38-5)39-6,32-29-26-18-15-12-9-3)33-30-27-24-20-17-14-11-8-2/h7,10H,8-9,11-34H2,1-6H3. The van der Waals surface area contributed by atoms with E-state index >= 15 is 0 Å². The van der Waals surface area contributed by atoms with E-state index in [1.54, 1.807) is 21.3 Å². The molecule has 39 heavy (non-hydrogen) atoms. The first-order valence-electron chi connectivity index (χ1n) is 17.4. The molecule has 0 aromatic carbocycles. The van der Waals surface area contributed by atoms with Crippen molar-refractivity contribution in [2.75, 3.05) is 21.3 Å². The van der Waals surface area contributed by atoms with E-state index in [1.807, 2.05) is 0 Å². The highest BCUT2D eigenvalue weighted by atomic mass is 16.9. The van der Waals surface area contributed by atoms with Crippen LogP contribution in [0.15, 0.2) is 12.2 Å². The SMILES string of the molecule is CC=CCCCCCCCCCCC(CCCCCCCC)(CCCCCCCCCC)C(OC)(OC)OC. The third-order valence-electron chi connectivity index (χ3n) is 8.99. The first kappa shape index (κ1) is 38.6. The maximum Gasteiger partial charge on any atom is 0.288 e. The molecule has 0 aliphatic heterocycles. The van der Waals surface area contributed by atoms with Gasteiger partial charge in [0.05, 0.1) is 5.41 Å². The lowest BCUT2D eigenvalue weighted by atomic mass is 9.71. The lowest BCUT2D eigenvalue weighted by molar-refractivity contribution is -0.411.